The number of hydrogen-bond donors (Lipinski definition) is 1. The van der Waals surface area contributed by atoms with Gasteiger partial charge in [-0.15, -0.1) is 5.10 Å². The summed E-state index contributed by atoms with van der Waals surface area (Å²) in [5.41, 5.74) is 5.93. The second-order valence-corrected chi connectivity index (χ2v) is 2.18. The molecule has 0 atom stereocenters. The second-order valence-electron chi connectivity index (χ2n) is 2.18. The Labute approximate surface area is 68.3 Å². The van der Waals surface area contributed by atoms with E-state index in [0.717, 1.165) is 0 Å². The van der Waals surface area contributed by atoms with E-state index in [0.29, 0.717) is 11.5 Å². The third-order valence-corrected chi connectivity index (χ3v) is 1.35. The summed E-state index contributed by atoms with van der Waals surface area (Å²) in [4.78, 5) is 3.93. The van der Waals surface area contributed by atoms with E-state index in [9.17, 15) is 0 Å². The van der Waals surface area contributed by atoms with Crippen LogP contribution in [0, 0.1) is 0 Å². The van der Waals surface area contributed by atoms with Crippen LogP contribution in [0.25, 0.3) is 11.5 Å². The van der Waals surface area contributed by atoms with Gasteiger partial charge in [0.15, 0.2) is 5.76 Å². The summed E-state index contributed by atoms with van der Waals surface area (Å²) in [5.74, 6) is 0.778. The number of hydrogen-bond acceptors (Lipinski definition) is 5. The zero-order valence-electron chi connectivity index (χ0n) is 6.14. The van der Waals surface area contributed by atoms with Gasteiger partial charge in [0.05, 0.1) is 12.5 Å². The summed E-state index contributed by atoms with van der Waals surface area (Å²) in [6.45, 7) is 0. The lowest BCUT2D eigenvalue weighted by Gasteiger charge is -1.93. The first-order valence-electron chi connectivity index (χ1n) is 3.35. The third kappa shape index (κ3) is 1.12. The minimum atomic E-state index is 0.143. The maximum atomic E-state index is 5.34. The Bertz CT molecular complexity index is 371. The van der Waals surface area contributed by atoms with Crippen LogP contribution < -0.4 is 5.73 Å². The number of rotatable bonds is 1. The van der Waals surface area contributed by atoms with Crippen molar-refractivity contribution in [3.05, 3.63) is 24.6 Å². The molecule has 2 aromatic rings. The molecule has 2 heterocycles. The molecule has 12 heavy (non-hydrogen) atoms. The maximum Gasteiger partial charge on any atom is 0.240 e. The van der Waals surface area contributed by atoms with Crippen LogP contribution in [-0.4, -0.2) is 15.2 Å². The zero-order valence-corrected chi connectivity index (χ0v) is 6.14. The molecule has 5 nitrogen and oxygen atoms in total. The van der Waals surface area contributed by atoms with Gasteiger partial charge < -0.3 is 10.2 Å². The van der Waals surface area contributed by atoms with Crippen molar-refractivity contribution in [2.24, 2.45) is 0 Å². The van der Waals surface area contributed by atoms with Crippen molar-refractivity contribution in [3.63, 3.8) is 0 Å². The average Bonchev–Trinajstić information content (AvgIpc) is 2.56. The third-order valence-electron chi connectivity index (χ3n) is 1.35. The lowest BCUT2D eigenvalue weighted by atomic mass is 10.3. The largest absolute Gasteiger partial charge is 0.463 e. The molecule has 0 spiro atoms. The van der Waals surface area contributed by atoms with Crippen LogP contribution in [0.1, 0.15) is 0 Å². The fourth-order valence-corrected chi connectivity index (χ4v) is 0.860. The molecule has 0 aliphatic heterocycles. The minimum Gasteiger partial charge on any atom is -0.463 e. The van der Waals surface area contributed by atoms with Gasteiger partial charge in [0.1, 0.15) is 5.69 Å². The molecule has 5 heteroatoms. The van der Waals surface area contributed by atoms with Crippen LogP contribution in [-0.2, 0) is 0 Å². The quantitative estimate of drug-likeness (QED) is 0.668. The Kier molecular flexibility index (Phi) is 1.48. The molecule has 0 aromatic carbocycles. The summed E-state index contributed by atoms with van der Waals surface area (Å²) in [7, 11) is 0. The molecular weight excluding hydrogens is 156 g/mol. The Morgan fingerprint density at radius 2 is 2.33 bits per heavy atom. The highest BCUT2D eigenvalue weighted by molar-refractivity contribution is 5.50. The highest BCUT2D eigenvalue weighted by atomic mass is 16.3. The average molecular weight is 162 g/mol. The van der Waals surface area contributed by atoms with E-state index < -0.39 is 0 Å². The Balaban J connectivity index is 2.48. The Morgan fingerprint density at radius 3 is 3.00 bits per heavy atom. The lowest BCUT2D eigenvalue weighted by Crippen LogP contribution is -1.97. The van der Waals surface area contributed by atoms with E-state index in [-0.39, 0.29) is 5.95 Å². The summed E-state index contributed by atoms with van der Waals surface area (Å²) in [6.07, 6.45) is 3.06. The normalized spacial score (nSPS) is 10.0. The molecule has 0 fully saturated rings. The van der Waals surface area contributed by atoms with Crippen LogP contribution in [0.15, 0.2) is 29.0 Å². The highest BCUT2D eigenvalue weighted by Crippen LogP contribution is 2.15. The Morgan fingerprint density at radius 1 is 1.42 bits per heavy atom. The fraction of sp³-hybridized carbons (Fsp3) is 0. The van der Waals surface area contributed by atoms with Gasteiger partial charge in [-0.25, -0.2) is 4.98 Å². The smallest absolute Gasteiger partial charge is 0.240 e. The van der Waals surface area contributed by atoms with Crippen molar-refractivity contribution in [1.29, 1.82) is 0 Å². The SMILES string of the molecule is Nc1nncc(-c2ccco2)n1. The van der Waals surface area contributed by atoms with Gasteiger partial charge in [-0.1, -0.05) is 0 Å². The first kappa shape index (κ1) is 6.78. The van der Waals surface area contributed by atoms with Crippen LogP contribution >= 0.6 is 0 Å². The van der Waals surface area contributed by atoms with E-state index in [1.807, 2.05) is 0 Å². The van der Waals surface area contributed by atoms with Gasteiger partial charge in [-0.05, 0) is 12.1 Å². The number of anilines is 1. The van der Waals surface area contributed by atoms with Crippen molar-refractivity contribution in [3.8, 4) is 11.5 Å². The molecule has 0 bridgehead atoms. The van der Waals surface area contributed by atoms with Crippen molar-refractivity contribution in [2.45, 2.75) is 0 Å². The van der Waals surface area contributed by atoms with E-state index in [2.05, 4.69) is 15.2 Å². The van der Waals surface area contributed by atoms with E-state index in [4.69, 9.17) is 10.2 Å². The van der Waals surface area contributed by atoms with Crippen LogP contribution in [0.3, 0.4) is 0 Å². The van der Waals surface area contributed by atoms with E-state index in [1.165, 1.54) is 6.20 Å². The van der Waals surface area contributed by atoms with Crippen LogP contribution in [0.5, 0.6) is 0 Å². The van der Waals surface area contributed by atoms with Crippen LogP contribution in [0.2, 0.25) is 0 Å². The number of nitrogens with two attached hydrogens (primary N) is 1. The molecule has 2 aromatic heterocycles. The second kappa shape index (κ2) is 2.61. The molecule has 0 aliphatic rings. The van der Waals surface area contributed by atoms with Gasteiger partial charge in [0, 0.05) is 0 Å². The van der Waals surface area contributed by atoms with Crippen molar-refractivity contribution in [1.82, 2.24) is 15.2 Å². The standard InChI is InChI=1S/C7H6N4O/c8-7-10-5(4-9-11-7)6-2-1-3-12-6/h1-4H,(H2,8,10,11). The van der Waals surface area contributed by atoms with Gasteiger partial charge in [-0.3, -0.25) is 0 Å². The number of nitrogen functional groups attached to an aromatic ring is 1. The number of furan rings is 1. The highest BCUT2D eigenvalue weighted by Gasteiger charge is 2.02. The maximum absolute atomic E-state index is 5.34. The Hall–Kier alpha value is -1.91. The van der Waals surface area contributed by atoms with Crippen molar-refractivity contribution in [2.75, 3.05) is 5.73 Å². The molecule has 2 rings (SSSR count). The topological polar surface area (TPSA) is 77.8 Å². The van der Waals surface area contributed by atoms with Gasteiger partial charge >= 0.3 is 0 Å². The molecule has 60 valence electrons. The van der Waals surface area contributed by atoms with Gasteiger partial charge in [-0.2, -0.15) is 5.10 Å². The molecule has 0 amide bonds. The summed E-state index contributed by atoms with van der Waals surface area (Å²) < 4.78 is 5.09. The van der Waals surface area contributed by atoms with Crippen molar-refractivity contribution < 1.29 is 4.42 Å². The fourth-order valence-electron chi connectivity index (χ4n) is 0.860. The number of aromatic nitrogens is 3. The molecular formula is C7H6N4O. The molecule has 0 saturated heterocycles. The molecule has 0 aliphatic carbocycles. The summed E-state index contributed by atoms with van der Waals surface area (Å²) in [5, 5.41) is 7.17. The summed E-state index contributed by atoms with van der Waals surface area (Å²) >= 11 is 0. The monoisotopic (exact) mass is 162 g/mol. The predicted molar refractivity (Wildman–Crippen MR) is 41.9 cm³/mol. The first-order valence-corrected chi connectivity index (χ1v) is 3.35. The molecule has 0 radical (unpaired) electrons. The van der Waals surface area contributed by atoms with E-state index in [1.54, 1.807) is 18.4 Å². The summed E-state index contributed by atoms with van der Waals surface area (Å²) in [6, 6.07) is 3.55. The molecule has 0 saturated carbocycles. The van der Waals surface area contributed by atoms with Crippen molar-refractivity contribution >= 4 is 5.95 Å². The van der Waals surface area contributed by atoms with Gasteiger partial charge in [0.2, 0.25) is 5.95 Å². The zero-order chi connectivity index (χ0) is 8.39. The van der Waals surface area contributed by atoms with Crippen LogP contribution in [0.4, 0.5) is 5.95 Å². The van der Waals surface area contributed by atoms with Gasteiger partial charge in [0.25, 0.3) is 0 Å². The lowest BCUT2D eigenvalue weighted by molar-refractivity contribution is 0.579. The minimum absolute atomic E-state index is 0.143. The number of nitrogens with zero attached hydrogens (tertiary/aromatic N) is 3. The molecule has 0 unspecified atom stereocenters. The molecule has 2 N–H and O–H groups in total. The first-order chi connectivity index (χ1) is 5.86. The predicted octanol–water partition coefficient (Wildman–Crippen LogP) is 0.714. The van der Waals surface area contributed by atoms with E-state index >= 15 is 0 Å².